The third kappa shape index (κ3) is 4.20. The maximum Gasteiger partial charge on any atom is 0.220 e. The maximum absolute atomic E-state index is 11.5. The van der Waals surface area contributed by atoms with Crippen molar-refractivity contribution < 1.29 is 9.21 Å². The summed E-state index contributed by atoms with van der Waals surface area (Å²) in [6.07, 6.45) is 3.36. The molecule has 1 aromatic carbocycles. The quantitative estimate of drug-likeness (QED) is 0.753. The number of amides is 1. The fourth-order valence-electron chi connectivity index (χ4n) is 1.80. The molecule has 2 rings (SSSR count). The summed E-state index contributed by atoms with van der Waals surface area (Å²) in [5.74, 6) is 1.31. The Morgan fingerprint density at radius 3 is 2.85 bits per heavy atom. The molecule has 5 nitrogen and oxygen atoms in total. The number of carbonyl (C=O) groups excluding carboxylic acids is 1. The van der Waals surface area contributed by atoms with E-state index in [9.17, 15) is 4.79 Å². The van der Waals surface area contributed by atoms with E-state index in [2.05, 4.69) is 10.3 Å². The highest BCUT2D eigenvalue weighted by Gasteiger charge is 2.08. The van der Waals surface area contributed by atoms with E-state index >= 15 is 0 Å². The van der Waals surface area contributed by atoms with Gasteiger partial charge in [-0.05, 0) is 13.0 Å². The van der Waals surface area contributed by atoms with Crippen molar-refractivity contribution in [3.8, 4) is 11.3 Å². The number of carbonyl (C=O) groups is 1. The number of hydrogen-bond acceptors (Lipinski definition) is 4. The Bertz CT molecular complexity index is 537. The Kier molecular flexibility index (Phi) is 5.32. The zero-order valence-electron chi connectivity index (χ0n) is 11.3. The van der Waals surface area contributed by atoms with Crippen molar-refractivity contribution >= 4 is 5.91 Å². The van der Waals surface area contributed by atoms with Crippen molar-refractivity contribution in [1.29, 1.82) is 0 Å². The summed E-state index contributed by atoms with van der Waals surface area (Å²) < 4.78 is 5.63. The van der Waals surface area contributed by atoms with Gasteiger partial charge in [-0.1, -0.05) is 30.3 Å². The normalized spacial score (nSPS) is 10.4. The molecule has 3 N–H and O–H groups in total. The molecule has 1 amide bonds. The number of oxazole rings is 1. The Morgan fingerprint density at radius 1 is 1.30 bits per heavy atom. The Hall–Kier alpha value is -2.14. The van der Waals surface area contributed by atoms with Crippen LogP contribution in [0.15, 0.2) is 40.9 Å². The first-order valence-electron chi connectivity index (χ1n) is 6.76. The first-order valence-corrected chi connectivity index (χ1v) is 6.76. The zero-order chi connectivity index (χ0) is 14.2. The van der Waals surface area contributed by atoms with Crippen LogP contribution >= 0.6 is 0 Å². The lowest BCUT2D eigenvalue weighted by atomic mass is 10.2. The molecule has 0 atom stereocenters. The van der Waals surface area contributed by atoms with Crippen LogP contribution in [0.25, 0.3) is 11.3 Å². The molecule has 0 fully saturated rings. The second kappa shape index (κ2) is 7.45. The number of rotatable bonds is 7. The van der Waals surface area contributed by atoms with Crippen molar-refractivity contribution in [3.63, 3.8) is 0 Å². The van der Waals surface area contributed by atoms with Gasteiger partial charge in [-0.3, -0.25) is 4.79 Å². The lowest BCUT2D eigenvalue weighted by Gasteiger charge is -2.02. The molecule has 0 aliphatic heterocycles. The highest BCUT2D eigenvalue weighted by Crippen LogP contribution is 2.20. The number of nitrogens with two attached hydrogens (primary N) is 1. The lowest BCUT2D eigenvalue weighted by Crippen LogP contribution is -2.26. The molecule has 0 aliphatic carbocycles. The third-order valence-electron chi connectivity index (χ3n) is 2.88. The van der Waals surface area contributed by atoms with Gasteiger partial charge >= 0.3 is 0 Å². The van der Waals surface area contributed by atoms with Gasteiger partial charge in [0.25, 0.3) is 0 Å². The van der Waals surface area contributed by atoms with E-state index in [1.807, 2.05) is 30.3 Å². The van der Waals surface area contributed by atoms with E-state index in [4.69, 9.17) is 10.2 Å². The van der Waals surface area contributed by atoms with Gasteiger partial charge in [0.2, 0.25) is 5.91 Å². The Labute approximate surface area is 118 Å². The molecule has 5 heteroatoms. The number of aromatic nitrogens is 1. The van der Waals surface area contributed by atoms with Crippen molar-refractivity contribution in [2.45, 2.75) is 19.3 Å². The summed E-state index contributed by atoms with van der Waals surface area (Å²) in [6, 6.07) is 9.77. The van der Waals surface area contributed by atoms with Gasteiger partial charge < -0.3 is 15.5 Å². The number of hydrogen-bond donors (Lipinski definition) is 2. The maximum atomic E-state index is 11.5. The number of aryl methyl sites for hydroxylation is 1. The molecule has 1 aromatic heterocycles. The summed E-state index contributed by atoms with van der Waals surface area (Å²) in [6.45, 7) is 1.20. The monoisotopic (exact) mass is 273 g/mol. The summed E-state index contributed by atoms with van der Waals surface area (Å²) in [7, 11) is 0. The Balaban J connectivity index is 1.83. The van der Waals surface area contributed by atoms with Gasteiger partial charge in [0.05, 0.1) is 6.20 Å². The molecule has 0 spiro atoms. The van der Waals surface area contributed by atoms with Crippen LogP contribution in [0.4, 0.5) is 0 Å². The second-order valence-corrected chi connectivity index (χ2v) is 4.48. The SMILES string of the molecule is NCCCNC(=O)CCc1ncc(-c2ccccc2)o1. The van der Waals surface area contributed by atoms with Gasteiger partial charge in [-0.25, -0.2) is 4.98 Å². The molecule has 0 aliphatic rings. The van der Waals surface area contributed by atoms with Gasteiger partial charge in [0, 0.05) is 24.9 Å². The molecule has 0 bridgehead atoms. The smallest absolute Gasteiger partial charge is 0.220 e. The third-order valence-corrected chi connectivity index (χ3v) is 2.88. The van der Waals surface area contributed by atoms with Crippen LogP contribution in [0.2, 0.25) is 0 Å². The van der Waals surface area contributed by atoms with Crippen molar-refractivity contribution in [1.82, 2.24) is 10.3 Å². The van der Waals surface area contributed by atoms with Crippen molar-refractivity contribution in [2.75, 3.05) is 13.1 Å². The van der Waals surface area contributed by atoms with E-state index in [1.54, 1.807) is 6.20 Å². The lowest BCUT2D eigenvalue weighted by molar-refractivity contribution is -0.121. The predicted molar refractivity (Wildman–Crippen MR) is 76.9 cm³/mol. The van der Waals surface area contributed by atoms with Gasteiger partial charge in [0.15, 0.2) is 11.7 Å². The summed E-state index contributed by atoms with van der Waals surface area (Å²) >= 11 is 0. The van der Waals surface area contributed by atoms with E-state index in [0.29, 0.717) is 31.8 Å². The molecule has 1 heterocycles. The standard InChI is InChI=1S/C15H19N3O2/c16-9-4-10-17-14(19)7-8-15-18-11-13(20-15)12-5-2-1-3-6-12/h1-3,5-6,11H,4,7-10,16H2,(H,17,19). The van der Waals surface area contributed by atoms with Crippen molar-refractivity contribution in [2.24, 2.45) is 5.73 Å². The minimum absolute atomic E-state index is 0.00193. The van der Waals surface area contributed by atoms with Crippen LogP contribution in [-0.4, -0.2) is 24.0 Å². The minimum atomic E-state index is -0.00193. The summed E-state index contributed by atoms with van der Waals surface area (Å²) in [5, 5.41) is 2.80. The van der Waals surface area contributed by atoms with Crippen LogP contribution in [0.3, 0.4) is 0 Å². The fraction of sp³-hybridized carbons (Fsp3) is 0.333. The summed E-state index contributed by atoms with van der Waals surface area (Å²) in [4.78, 5) is 15.7. The minimum Gasteiger partial charge on any atom is -0.441 e. The van der Waals surface area contributed by atoms with Crippen molar-refractivity contribution in [3.05, 3.63) is 42.4 Å². The largest absolute Gasteiger partial charge is 0.441 e. The van der Waals surface area contributed by atoms with E-state index in [1.165, 1.54) is 0 Å². The number of benzene rings is 1. The highest BCUT2D eigenvalue weighted by molar-refractivity contribution is 5.75. The molecular weight excluding hydrogens is 254 g/mol. The molecule has 20 heavy (non-hydrogen) atoms. The first kappa shape index (κ1) is 14.3. The zero-order valence-corrected chi connectivity index (χ0v) is 11.3. The van der Waals surface area contributed by atoms with Gasteiger partial charge in [-0.15, -0.1) is 0 Å². The van der Waals surface area contributed by atoms with Crippen LogP contribution in [0, 0.1) is 0 Å². The molecule has 0 unspecified atom stereocenters. The molecule has 0 radical (unpaired) electrons. The fourth-order valence-corrected chi connectivity index (χ4v) is 1.80. The van der Waals surface area contributed by atoms with Crippen LogP contribution in [0.1, 0.15) is 18.7 Å². The molecule has 0 saturated carbocycles. The molecule has 2 aromatic rings. The topological polar surface area (TPSA) is 81.1 Å². The average molecular weight is 273 g/mol. The predicted octanol–water partition coefficient (Wildman–Crippen LogP) is 1.74. The van der Waals surface area contributed by atoms with Crippen LogP contribution in [-0.2, 0) is 11.2 Å². The number of nitrogens with one attached hydrogen (secondary N) is 1. The second-order valence-electron chi connectivity index (χ2n) is 4.48. The first-order chi connectivity index (χ1) is 9.79. The Morgan fingerprint density at radius 2 is 2.10 bits per heavy atom. The van der Waals surface area contributed by atoms with Crippen LogP contribution in [0.5, 0.6) is 0 Å². The molecule has 0 saturated heterocycles. The molecule has 106 valence electrons. The summed E-state index contributed by atoms with van der Waals surface area (Å²) in [5.41, 5.74) is 6.35. The average Bonchev–Trinajstić information content (AvgIpc) is 2.95. The van der Waals surface area contributed by atoms with Gasteiger partial charge in [-0.2, -0.15) is 0 Å². The van der Waals surface area contributed by atoms with Crippen LogP contribution < -0.4 is 11.1 Å². The number of nitrogens with zero attached hydrogens (tertiary/aromatic N) is 1. The van der Waals surface area contributed by atoms with E-state index in [-0.39, 0.29) is 5.91 Å². The molecular formula is C15H19N3O2. The van der Waals surface area contributed by atoms with Gasteiger partial charge in [0.1, 0.15) is 0 Å². The van der Waals surface area contributed by atoms with E-state index in [0.717, 1.165) is 17.7 Å². The highest BCUT2D eigenvalue weighted by atomic mass is 16.4. The van der Waals surface area contributed by atoms with E-state index < -0.39 is 0 Å².